The van der Waals surface area contributed by atoms with Crippen LogP contribution < -0.4 is 19.5 Å². The zero-order chi connectivity index (χ0) is 13.9. The van der Waals surface area contributed by atoms with Crippen LogP contribution in [0.1, 0.15) is 5.56 Å². The molecule has 0 unspecified atom stereocenters. The first-order chi connectivity index (χ1) is 9.76. The Morgan fingerprint density at radius 1 is 1.15 bits per heavy atom. The summed E-state index contributed by atoms with van der Waals surface area (Å²) in [6, 6.07) is 11.9. The van der Waals surface area contributed by atoms with E-state index >= 15 is 0 Å². The summed E-state index contributed by atoms with van der Waals surface area (Å²) in [5, 5.41) is 3.36. The molecule has 0 radical (unpaired) electrons. The Bertz CT molecular complexity index is 631. The molecule has 0 amide bonds. The maximum absolute atomic E-state index is 5.37. The van der Waals surface area contributed by atoms with Gasteiger partial charge in [0.05, 0.1) is 11.6 Å². The summed E-state index contributed by atoms with van der Waals surface area (Å²) < 4.78 is 16.8. The molecule has 2 aromatic carbocycles. The van der Waals surface area contributed by atoms with Gasteiger partial charge in [0.15, 0.2) is 11.5 Å². The summed E-state index contributed by atoms with van der Waals surface area (Å²) in [6.45, 7) is 1.02. The van der Waals surface area contributed by atoms with Gasteiger partial charge in [-0.2, -0.15) is 0 Å². The standard InChI is InChI=1S/C15H14BrNO3/c1-18-13-5-3-11(7-12(13)16)17-8-10-2-4-14-15(6-10)20-9-19-14/h2-7,17H,8-9H2,1H3. The Hall–Kier alpha value is -1.88. The van der Waals surface area contributed by atoms with E-state index in [2.05, 4.69) is 21.2 Å². The Labute approximate surface area is 125 Å². The second-order valence-corrected chi connectivity index (χ2v) is 5.24. The predicted octanol–water partition coefficient (Wildman–Crippen LogP) is 3.80. The number of rotatable bonds is 4. The molecule has 0 aliphatic carbocycles. The summed E-state index contributed by atoms with van der Waals surface area (Å²) in [6.07, 6.45) is 0. The first-order valence-electron chi connectivity index (χ1n) is 6.22. The van der Waals surface area contributed by atoms with E-state index in [0.717, 1.165) is 39.5 Å². The molecule has 0 spiro atoms. The molecular formula is C15H14BrNO3. The Balaban J connectivity index is 1.69. The van der Waals surface area contributed by atoms with Gasteiger partial charge in [-0.3, -0.25) is 0 Å². The molecule has 1 heterocycles. The molecule has 4 nitrogen and oxygen atoms in total. The number of methoxy groups -OCH3 is 1. The lowest BCUT2D eigenvalue weighted by atomic mass is 10.2. The highest BCUT2D eigenvalue weighted by Crippen LogP contribution is 2.33. The van der Waals surface area contributed by atoms with E-state index in [1.807, 2.05) is 36.4 Å². The third-order valence-corrected chi connectivity index (χ3v) is 3.71. The molecule has 0 atom stereocenters. The van der Waals surface area contributed by atoms with Crippen molar-refractivity contribution in [3.05, 3.63) is 46.4 Å². The van der Waals surface area contributed by atoms with Crippen molar-refractivity contribution in [1.29, 1.82) is 0 Å². The second-order valence-electron chi connectivity index (χ2n) is 4.39. The van der Waals surface area contributed by atoms with Gasteiger partial charge in [0.25, 0.3) is 0 Å². The van der Waals surface area contributed by atoms with E-state index in [1.54, 1.807) is 7.11 Å². The van der Waals surface area contributed by atoms with E-state index in [9.17, 15) is 0 Å². The Morgan fingerprint density at radius 3 is 2.80 bits per heavy atom. The van der Waals surface area contributed by atoms with Crippen LogP contribution in [0.3, 0.4) is 0 Å². The third-order valence-electron chi connectivity index (χ3n) is 3.09. The van der Waals surface area contributed by atoms with Gasteiger partial charge in [-0.1, -0.05) is 6.07 Å². The molecule has 1 aliphatic heterocycles. The minimum atomic E-state index is 0.303. The normalized spacial score (nSPS) is 12.3. The van der Waals surface area contributed by atoms with Crippen molar-refractivity contribution >= 4 is 21.6 Å². The van der Waals surface area contributed by atoms with E-state index in [0.29, 0.717) is 6.79 Å². The number of benzene rings is 2. The molecule has 0 aromatic heterocycles. The molecule has 1 aliphatic rings. The van der Waals surface area contributed by atoms with Crippen molar-refractivity contribution in [2.45, 2.75) is 6.54 Å². The van der Waals surface area contributed by atoms with Crippen molar-refractivity contribution in [3.8, 4) is 17.2 Å². The van der Waals surface area contributed by atoms with Crippen LogP contribution in [-0.4, -0.2) is 13.9 Å². The lowest BCUT2D eigenvalue weighted by molar-refractivity contribution is 0.174. The highest BCUT2D eigenvalue weighted by atomic mass is 79.9. The molecule has 0 bridgehead atoms. The molecule has 0 fully saturated rings. The molecule has 104 valence electrons. The van der Waals surface area contributed by atoms with Crippen molar-refractivity contribution in [1.82, 2.24) is 0 Å². The van der Waals surface area contributed by atoms with Gasteiger partial charge in [-0.05, 0) is 51.8 Å². The first-order valence-corrected chi connectivity index (χ1v) is 7.01. The Kier molecular flexibility index (Phi) is 3.69. The van der Waals surface area contributed by atoms with E-state index < -0.39 is 0 Å². The fourth-order valence-corrected chi connectivity index (χ4v) is 2.57. The van der Waals surface area contributed by atoms with Crippen LogP contribution >= 0.6 is 15.9 Å². The number of nitrogens with one attached hydrogen (secondary N) is 1. The maximum atomic E-state index is 5.37. The summed E-state index contributed by atoms with van der Waals surface area (Å²) in [5.41, 5.74) is 2.16. The zero-order valence-electron chi connectivity index (χ0n) is 11.0. The van der Waals surface area contributed by atoms with Crippen molar-refractivity contribution in [2.24, 2.45) is 0 Å². The minimum absolute atomic E-state index is 0.303. The van der Waals surface area contributed by atoms with Crippen molar-refractivity contribution in [3.63, 3.8) is 0 Å². The molecular weight excluding hydrogens is 322 g/mol. The van der Waals surface area contributed by atoms with Crippen LogP contribution in [0.4, 0.5) is 5.69 Å². The van der Waals surface area contributed by atoms with Crippen LogP contribution in [0.2, 0.25) is 0 Å². The highest BCUT2D eigenvalue weighted by Gasteiger charge is 2.12. The molecule has 1 N–H and O–H groups in total. The van der Waals surface area contributed by atoms with Crippen molar-refractivity contribution < 1.29 is 14.2 Å². The predicted molar refractivity (Wildman–Crippen MR) is 80.6 cm³/mol. The van der Waals surface area contributed by atoms with Crippen LogP contribution in [0.25, 0.3) is 0 Å². The minimum Gasteiger partial charge on any atom is -0.496 e. The lowest BCUT2D eigenvalue weighted by Gasteiger charge is -2.09. The zero-order valence-corrected chi connectivity index (χ0v) is 12.6. The smallest absolute Gasteiger partial charge is 0.231 e. The van der Waals surface area contributed by atoms with Crippen LogP contribution in [0.15, 0.2) is 40.9 Å². The number of anilines is 1. The van der Waals surface area contributed by atoms with Gasteiger partial charge < -0.3 is 19.5 Å². The Morgan fingerprint density at radius 2 is 2.00 bits per heavy atom. The molecule has 0 saturated heterocycles. The van der Waals surface area contributed by atoms with Gasteiger partial charge in [-0.25, -0.2) is 0 Å². The fraction of sp³-hybridized carbons (Fsp3) is 0.200. The molecule has 2 aromatic rings. The molecule has 20 heavy (non-hydrogen) atoms. The van der Waals surface area contributed by atoms with E-state index in [1.165, 1.54) is 0 Å². The third kappa shape index (κ3) is 2.67. The van der Waals surface area contributed by atoms with Crippen LogP contribution in [0.5, 0.6) is 17.2 Å². The van der Waals surface area contributed by atoms with Crippen LogP contribution in [-0.2, 0) is 6.54 Å². The lowest BCUT2D eigenvalue weighted by Crippen LogP contribution is -1.99. The maximum Gasteiger partial charge on any atom is 0.231 e. The SMILES string of the molecule is COc1ccc(NCc2ccc3c(c2)OCO3)cc1Br. The van der Waals surface area contributed by atoms with Gasteiger partial charge in [0.2, 0.25) is 6.79 Å². The van der Waals surface area contributed by atoms with Gasteiger partial charge in [0, 0.05) is 12.2 Å². The average Bonchev–Trinajstić information content (AvgIpc) is 2.92. The van der Waals surface area contributed by atoms with Crippen LogP contribution in [0, 0.1) is 0 Å². The molecule has 5 heteroatoms. The first kappa shape index (κ1) is 13.1. The van der Waals surface area contributed by atoms with Gasteiger partial charge in [-0.15, -0.1) is 0 Å². The number of halogens is 1. The average molecular weight is 336 g/mol. The number of hydrogen-bond donors (Lipinski definition) is 1. The summed E-state index contributed by atoms with van der Waals surface area (Å²) in [5.74, 6) is 2.43. The summed E-state index contributed by atoms with van der Waals surface area (Å²) in [4.78, 5) is 0. The summed E-state index contributed by atoms with van der Waals surface area (Å²) in [7, 11) is 1.65. The van der Waals surface area contributed by atoms with E-state index in [4.69, 9.17) is 14.2 Å². The number of ether oxygens (including phenoxy) is 3. The molecule has 0 saturated carbocycles. The number of hydrogen-bond acceptors (Lipinski definition) is 4. The number of fused-ring (bicyclic) bond motifs is 1. The largest absolute Gasteiger partial charge is 0.496 e. The topological polar surface area (TPSA) is 39.7 Å². The van der Waals surface area contributed by atoms with E-state index in [-0.39, 0.29) is 0 Å². The van der Waals surface area contributed by atoms with Gasteiger partial charge in [0.1, 0.15) is 5.75 Å². The monoisotopic (exact) mass is 335 g/mol. The fourth-order valence-electron chi connectivity index (χ4n) is 2.03. The highest BCUT2D eigenvalue weighted by molar-refractivity contribution is 9.10. The summed E-state index contributed by atoms with van der Waals surface area (Å²) >= 11 is 3.47. The second kappa shape index (κ2) is 5.63. The molecule has 3 rings (SSSR count). The van der Waals surface area contributed by atoms with Gasteiger partial charge >= 0.3 is 0 Å². The quantitative estimate of drug-likeness (QED) is 0.922. The van der Waals surface area contributed by atoms with Crippen molar-refractivity contribution in [2.75, 3.05) is 19.2 Å².